The molecule has 0 amide bonds. The first-order valence-corrected chi connectivity index (χ1v) is 10.8. The number of phosphoric ester groups is 1. The molecule has 1 aliphatic heterocycles. The van der Waals surface area contributed by atoms with E-state index >= 15 is 0 Å². The topological polar surface area (TPSA) is 203 Å². The van der Waals surface area contributed by atoms with E-state index in [0.29, 0.717) is 29.1 Å². The van der Waals surface area contributed by atoms with Crippen LogP contribution in [0.5, 0.6) is 0 Å². The van der Waals surface area contributed by atoms with Crippen LogP contribution in [-0.2, 0) is 20.4 Å². The van der Waals surface area contributed by atoms with Crippen LogP contribution in [0.25, 0.3) is 11.2 Å². The van der Waals surface area contributed by atoms with E-state index < -0.39 is 50.7 Å². The Kier molecular flexibility index (Phi) is 7.99. The van der Waals surface area contributed by atoms with Crippen molar-refractivity contribution in [2.45, 2.75) is 31.1 Å². The monoisotopic (exact) mass is 491 g/mol. The lowest BCUT2D eigenvalue weighted by Crippen LogP contribution is -2.34. The van der Waals surface area contributed by atoms with Crippen molar-refractivity contribution in [3.63, 3.8) is 0 Å². The molecule has 3 aromatic rings. The van der Waals surface area contributed by atoms with Crippen molar-refractivity contribution in [1.82, 2.24) is 19.9 Å². The van der Waals surface area contributed by atoms with Gasteiger partial charge in [-0.1, -0.05) is 6.07 Å². The highest BCUT2D eigenvalue weighted by Crippen LogP contribution is 2.37. The molecule has 1 fully saturated rings. The van der Waals surface area contributed by atoms with Crippen LogP contribution in [0, 0.1) is 11.6 Å². The Morgan fingerprint density at radius 2 is 1.88 bits per heavy atom. The second kappa shape index (κ2) is 10.5. The van der Waals surface area contributed by atoms with Gasteiger partial charge in [-0.3, -0.25) is 4.52 Å². The minimum Gasteiger partial charge on any atom is -0.387 e. The van der Waals surface area contributed by atoms with Gasteiger partial charge in [0.25, 0.3) is 0 Å². The molecule has 1 aromatic carbocycles. The predicted octanol–water partition coefficient (Wildman–Crippen LogP) is -0.222. The molecule has 180 valence electrons. The largest absolute Gasteiger partial charge is 0.469 e. The number of nitrogens with zero attached hydrogens (tertiary/aromatic N) is 3. The van der Waals surface area contributed by atoms with Gasteiger partial charge in [0.2, 0.25) is 0 Å². The summed E-state index contributed by atoms with van der Waals surface area (Å²) >= 11 is 0. The van der Waals surface area contributed by atoms with Crippen LogP contribution < -0.4 is 5.32 Å². The summed E-state index contributed by atoms with van der Waals surface area (Å²) in [4.78, 5) is 31.6. The minimum atomic E-state index is -4.64. The molecule has 13 nitrogen and oxygen atoms in total. The van der Waals surface area contributed by atoms with Crippen LogP contribution in [0.15, 0.2) is 30.9 Å². The molecule has 1 unspecified atom stereocenters. The first kappa shape index (κ1) is 25.0. The molecule has 7 N–H and O–H groups in total. The van der Waals surface area contributed by atoms with E-state index in [9.17, 15) is 13.3 Å². The van der Waals surface area contributed by atoms with E-state index in [1.807, 2.05) is 0 Å². The Morgan fingerprint density at radius 3 is 2.52 bits per heavy atom. The molecule has 4 rings (SSSR count). The van der Waals surface area contributed by atoms with E-state index in [1.54, 1.807) is 0 Å². The fraction of sp³-hybridized carbons (Fsp3) is 0.353. The maximum absolute atomic E-state index is 13.1. The number of H-pyrrole nitrogens is 1. The molecular weight excluding hydrogens is 471 g/mol. The highest BCUT2D eigenvalue weighted by Gasteiger charge is 2.42. The Hall–Kier alpha value is -2.62. The molecule has 33 heavy (non-hydrogen) atoms. The summed E-state index contributed by atoms with van der Waals surface area (Å²) in [5.41, 5.74) is 1.83. The number of hydrogen-bond donors (Lipinski definition) is 7. The number of aliphatic hydroxyl groups excluding tert-OH is 3. The van der Waals surface area contributed by atoms with Gasteiger partial charge in [-0.2, -0.15) is 0 Å². The fourth-order valence-electron chi connectivity index (χ4n) is 2.77. The van der Waals surface area contributed by atoms with Crippen molar-refractivity contribution in [1.29, 1.82) is 0 Å². The normalized spacial score (nSPS) is 22.8. The molecule has 1 aliphatic rings. The second-order valence-electron chi connectivity index (χ2n) is 6.76. The minimum absolute atomic E-state index is 0.322. The van der Waals surface area contributed by atoms with Crippen LogP contribution in [0.4, 0.5) is 14.6 Å². The van der Waals surface area contributed by atoms with Crippen molar-refractivity contribution in [2.24, 2.45) is 0 Å². The molecule has 3 heterocycles. The summed E-state index contributed by atoms with van der Waals surface area (Å²) in [6.07, 6.45) is -2.77. The van der Waals surface area contributed by atoms with Gasteiger partial charge >= 0.3 is 7.82 Å². The summed E-state index contributed by atoms with van der Waals surface area (Å²) in [6, 6.07) is 3.75. The lowest BCUT2D eigenvalue weighted by Gasteiger charge is -2.14. The number of benzene rings is 1. The molecule has 1 saturated heterocycles. The van der Waals surface area contributed by atoms with Crippen molar-refractivity contribution < 1.29 is 47.7 Å². The molecule has 2 aromatic heterocycles. The molecular formula is C17H20F2N5O8P. The molecule has 0 aliphatic carbocycles. The zero-order valence-corrected chi connectivity index (χ0v) is 17.5. The number of halogens is 2. The highest BCUT2D eigenvalue weighted by atomic mass is 31.2. The van der Waals surface area contributed by atoms with Gasteiger partial charge in [-0.05, 0) is 17.7 Å². The van der Waals surface area contributed by atoms with Crippen molar-refractivity contribution in [3.8, 4) is 0 Å². The number of nitrogens with one attached hydrogen (secondary N) is 2. The van der Waals surface area contributed by atoms with Crippen LogP contribution in [0.1, 0.15) is 5.56 Å². The average Bonchev–Trinajstić information content (AvgIpc) is 3.34. The van der Waals surface area contributed by atoms with Gasteiger partial charge in [0, 0.05) is 6.54 Å². The second-order valence-corrected chi connectivity index (χ2v) is 8.00. The summed E-state index contributed by atoms with van der Waals surface area (Å²) < 4.78 is 44.7. The van der Waals surface area contributed by atoms with Gasteiger partial charge in [0.1, 0.15) is 30.2 Å². The van der Waals surface area contributed by atoms with Crippen molar-refractivity contribution in [3.05, 3.63) is 48.1 Å². The maximum atomic E-state index is 13.1. The smallest absolute Gasteiger partial charge is 0.387 e. The van der Waals surface area contributed by atoms with Gasteiger partial charge in [-0.15, -0.1) is 0 Å². The van der Waals surface area contributed by atoms with Crippen molar-refractivity contribution >= 4 is 24.8 Å². The highest BCUT2D eigenvalue weighted by molar-refractivity contribution is 7.46. The lowest BCUT2D eigenvalue weighted by molar-refractivity contribution is -0.132. The number of aromatic nitrogens is 4. The Labute approximate surface area is 184 Å². The lowest BCUT2D eigenvalue weighted by atomic mass is 10.1. The average molecular weight is 491 g/mol. The quantitative estimate of drug-likeness (QED) is 0.224. The zero-order valence-electron chi connectivity index (χ0n) is 16.6. The third-order valence-electron chi connectivity index (χ3n) is 4.41. The summed E-state index contributed by atoms with van der Waals surface area (Å²) in [5, 5.41) is 30.1. The van der Waals surface area contributed by atoms with Crippen molar-refractivity contribution in [2.75, 3.05) is 11.9 Å². The van der Waals surface area contributed by atoms with Crippen LogP contribution in [0.3, 0.4) is 0 Å². The third kappa shape index (κ3) is 6.69. The number of aromatic amines is 1. The number of ether oxygens (including phenoxy) is 1. The van der Waals surface area contributed by atoms with Crippen LogP contribution in [0.2, 0.25) is 0 Å². The van der Waals surface area contributed by atoms with Gasteiger partial charge in [0.15, 0.2) is 29.4 Å². The third-order valence-corrected chi connectivity index (χ3v) is 4.90. The zero-order chi connectivity index (χ0) is 24.2. The Balaban J connectivity index is 0.000000196. The van der Waals surface area contributed by atoms with E-state index in [0.717, 1.165) is 12.1 Å². The van der Waals surface area contributed by atoms with Gasteiger partial charge < -0.3 is 40.1 Å². The Bertz CT molecular complexity index is 1130. The Morgan fingerprint density at radius 1 is 1.12 bits per heavy atom. The number of fused-ring (bicyclic) bond motifs is 1. The van der Waals surface area contributed by atoms with Gasteiger partial charge in [-0.25, -0.2) is 28.3 Å². The van der Waals surface area contributed by atoms with E-state index in [2.05, 4.69) is 34.5 Å². The molecule has 4 atom stereocenters. The van der Waals surface area contributed by atoms with Crippen LogP contribution in [-0.4, -0.2) is 76.3 Å². The molecule has 0 spiro atoms. The maximum Gasteiger partial charge on any atom is 0.469 e. The molecule has 0 saturated carbocycles. The SMILES string of the molecule is Fc1ccc(CNc2ncnc3nc[nH]c23)cc1F.O=P(O)(O)OC[C@H]1OC(O)[C@H](O)[C@@H]1O. The first-order chi connectivity index (χ1) is 15.5. The summed E-state index contributed by atoms with van der Waals surface area (Å²) in [5.74, 6) is -1.16. The molecule has 16 heteroatoms. The number of aliphatic hydroxyl groups is 3. The van der Waals surface area contributed by atoms with Crippen LogP contribution >= 0.6 is 7.82 Å². The fourth-order valence-corrected chi connectivity index (χ4v) is 3.11. The summed E-state index contributed by atoms with van der Waals surface area (Å²) in [6.45, 7) is -0.290. The van der Waals surface area contributed by atoms with E-state index in [1.165, 1.54) is 18.7 Å². The van der Waals surface area contributed by atoms with E-state index in [4.69, 9.17) is 25.1 Å². The molecule has 0 radical (unpaired) electrons. The molecule has 0 bridgehead atoms. The standard InChI is InChI=1S/C12H9F2N5.C5H11O8P/c13-8-2-1-7(3-9(8)14)4-15-11-10-12(17-5-16-10)19-6-18-11;6-3-2(1-12-14(9,10)11)13-5(8)4(3)7/h1-3,5-6H,4H2,(H2,15,16,17,18,19);2-8H,1H2,(H2,9,10,11)/t;2-,3-,4-,5?/m.1/s1. The number of phosphoric acid groups is 1. The summed E-state index contributed by atoms with van der Waals surface area (Å²) in [7, 11) is -4.64. The van der Waals surface area contributed by atoms with E-state index in [-0.39, 0.29) is 0 Å². The first-order valence-electron chi connectivity index (χ1n) is 9.27. The number of rotatable bonds is 6. The number of imidazole rings is 1. The number of hydrogen-bond acceptors (Lipinski definition) is 10. The van der Waals surface area contributed by atoms with Gasteiger partial charge in [0.05, 0.1) is 12.9 Å². The number of anilines is 1. The predicted molar refractivity (Wildman–Crippen MR) is 106 cm³/mol.